The van der Waals surface area contributed by atoms with E-state index in [1.54, 1.807) is 6.92 Å². The van der Waals surface area contributed by atoms with Crippen molar-refractivity contribution < 1.29 is 37.5 Å². The van der Waals surface area contributed by atoms with Crippen molar-refractivity contribution in [2.45, 2.75) is 112 Å². The highest BCUT2D eigenvalue weighted by Gasteiger charge is 2.37. The maximum Gasteiger partial charge on any atom is 0.236 e. The lowest BCUT2D eigenvalue weighted by Gasteiger charge is -2.42. The molecule has 4 aliphatic heterocycles. The number of thiazole rings is 2. The fourth-order valence-electron chi connectivity index (χ4n) is 12.3. The molecule has 17 heteroatoms. The minimum atomic E-state index is -0.200. The van der Waals surface area contributed by atoms with Gasteiger partial charge in [-0.2, -0.15) is 0 Å². The number of amides is 2. The fourth-order valence-corrected chi connectivity index (χ4v) is 14.3. The van der Waals surface area contributed by atoms with E-state index >= 15 is 0 Å². The van der Waals surface area contributed by atoms with Crippen LogP contribution < -0.4 is 0 Å². The number of likely N-dealkylation sites (tertiary alicyclic amines) is 4. The van der Waals surface area contributed by atoms with Crippen LogP contribution in [0.15, 0.2) is 48.5 Å². The molecule has 6 heterocycles. The summed E-state index contributed by atoms with van der Waals surface area (Å²) < 4.78 is 26.6. The van der Waals surface area contributed by atoms with Gasteiger partial charge in [-0.15, -0.1) is 22.7 Å². The number of likely N-dealkylation sites (N-methyl/N-ethyl adjacent to an activating group) is 1. The number of hydrogen-bond acceptors (Lipinski definition) is 13. The second-order valence-corrected chi connectivity index (χ2v) is 25.0. The van der Waals surface area contributed by atoms with Gasteiger partial charge < -0.3 is 24.5 Å². The van der Waals surface area contributed by atoms with Gasteiger partial charge in [-0.05, 0) is 163 Å². The maximum atomic E-state index is 13.4. The Morgan fingerprint density at radius 2 is 0.987 bits per heavy atom. The third-order valence-electron chi connectivity index (χ3n) is 16.1. The number of Topliss-reactive ketones (excluding diaryl/α,β-unsaturated/α-hetero) is 4. The number of piperidine rings is 4. The number of aryl methyl sites for hydroxylation is 2. The molecule has 0 aliphatic carbocycles. The molecule has 77 heavy (non-hydrogen) atoms. The van der Waals surface area contributed by atoms with Gasteiger partial charge in [0, 0.05) is 86.0 Å². The predicted octanol–water partition coefficient (Wildman–Crippen LogP) is 9.01. The van der Waals surface area contributed by atoms with E-state index in [-0.39, 0.29) is 71.3 Å². The standard InChI is InChI=1S/C31H43FN4O3S.C29H38FN3O3S/c1-21-31(22(2)37)40-29(33-21)16-28(38)15-26-19-36(30(39)20-34(3)4)13-11-25(26)18-35-12-5-6-24(17-35)14-23-7-9-27(32)10-8-23;1-19-29(20(2)34)37-28(31-19)15-27(36)14-25-18-33(21(3)35)12-10-24(25)17-32-11-4-5-23(16-32)13-22-6-8-26(30)9-7-22/h7-10,24-26H,5-6,11-20H2,1-4H3;6-9,23-25H,4-5,10-18H2,1-3H3/t24-,25-,26+;23-,24-,25+/m00/s1. The molecule has 13 nitrogen and oxygen atoms in total. The molecule has 2 amide bonds. The van der Waals surface area contributed by atoms with Crippen molar-refractivity contribution in [3.8, 4) is 0 Å². The van der Waals surface area contributed by atoms with Gasteiger partial charge in [-0.25, -0.2) is 18.7 Å². The van der Waals surface area contributed by atoms with Crippen molar-refractivity contribution in [1.29, 1.82) is 0 Å². The molecular formula is C60H81F2N7O6S2. The smallest absolute Gasteiger partial charge is 0.236 e. The third-order valence-corrected chi connectivity index (χ3v) is 18.6. The summed E-state index contributed by atoms with van der Waals surface area (Å²) in [6, 6.07) is 13.7. The largest absolute Gasteiger partial charge is 0.343 e. The van der Waals surface area contributed by atoms with Gasteiger partial charge in [0.25, 0.3) is 0 Å². The van der Waals surface area contributed by atoms with E-state index in [0.29, 0.717) is 87.3 Å². The maximum absolute atomic E-state index is 13.4. The van der Waals surface area contributed by atoms with Gasteiger partial charge in [0.2, 0.25) is 11.8 Å². The van der Waals surface area contributed by atoms with Crippen LogP contribution in [0.5, 0.6) is 0 Å². The Hall–Kier alpha value is -4.94. The SMILES string of the molecule is CC(=O)c1sc(CC(=O)C[C@@H]2CN(C(=O)CN(C)C)CC[C@H]2CN2CCC[C@@H](Cc3ccc(F)cc3)C2)nc1C.CC(=O)c1sc(CC(=O)C[C@@H]2CN(C(C)=O)CC[C@H]2CN2CCC[C@@H](Cc3ccc(F)cc3)C2)nc1C. The van der Waals surface area contributed by atoms with Crippen LogP contribution in [-0.2, 0) is 44.9 Å². The zero-order valence-electron chi connectivity index (χ0n) is 46.5. The lowest BCUT2D eigenvalue weighted by atomic mass is 9.80. The van der Waals surface area contributed by atoms with Gasteiger partial charge in [-0.3, -0.25) is 28.8 Å². The summed E-state index contributed by atoms with van der Waals surface area (Å²) in [5, 5.41) is 1.39. The number of carbonyl (C=O) groups excluding carboxylic acids is 6. The average molecular weight is 1100 g/mol. The summed E-state index contributed by atoms with van der Waals surface area (Å²) in [4.78, 5) is 96.0. The predicted molar refractivity (Wildman–Crippen MR) is 299 cm³/mol. The first-order valence-corrected chi connectivity index (χ1v) is 29.5. The van der Waals surface area contributed by atoms with Crippen molar-refractivity contribution in [3.05, 3.63) is 102 Å². The number of benzene rings is 2. The molecule has 8 rings (SSSR count). The zero-order chi connectivity index (χ0) is 55.3. The van der Waals surface area contributed by atoms with Crippen molar-refractivity contribution >= 4 is 57.6 Å². The summed E-state index contributed by atoms with van der Waals surface area (Å²) in [7, 11) is 3.80. The van der Waals surface area contributed by atoms with Crippen LogP contribution in [0.1, 0.15) is 124 Å². The molecule has 4 fully saturated rings. The number of rotatable bonds is 20. The van der Waals surface area contributed by atoms with E-state index in [4.69, 9.17) is 0 Å². The molecule has 2 aromatic heterocycles. The van der Waals surface area contributed by atoms with Gasteiger partial charge in [0.05, 0.1) is 40.5 Å². The topological polar surface area (TPSA) is 144 Å². The third kappa shape index (κ3) is 18.0. The van der Waals surface area contributed by atoms with Crippen LogP contribution in [0.3, 0.4) is 0 Å². The summed E-state index contributed by atoms with van der Waals surface area (Å²) in [6.45, 7) is 17.3. The van der Waals surface area contributed by atoms with E-state index in [1.807, 2.05) is 66.9 Å². The highest BCUT2D eigenvalue weighted by atomic mass is 32.1. The number of ketones is 4. The molecule has 0 unspecified atom stereocenters. The van der Waals surface area contributed by atoms with Crippen LogP contribution >= 0.6 is 22.7 Å². The van der Waals surface area contributed by atoms with E-state index in [0.717, 1.165) is 90.9 Å². The van der Waals surface area contributed by atoms with Crippen LogP contribution in [0.2, 0.25) is 0 Å². The molecule has 4 aromatic rings. The van der Waals surface area contributed by atoms with Gasteiger partial charge in [0.15, 0.2) is 11.6 Å². The second kappa shape index (κ2) is 28.3. The molecule has 6 atom stereocenters. The Balaban J connectivity index is 0.000000224. The number of hydrogen-bond donors (Lipinski definition) is 0. The first-order chi connectivity index (χ1) is 36.7. The number of halogens is 2. The lowest BCUT2D eigenvalue weighted by molar-refractivity contribution is -0.136. The first kappa shape index (κ1) is 59.7. The quantitative estimate of drug-likeness (QED) is 0.0783. The summed E-state index contributed by atoms with van der Waals surface area (Å²) in [5.41, 5.74) is 3.74. The number of nitrogens with zero attached hydrogens (tertiary/aromatic N) is 7. The molecule has 0 radical (unpaired) electrons. The Kier molecular flexibility index (Phi) is 21.9. The van der Waals surface area contributed by atoms with Crippen LogP contribution in [0.4, 0.5) is 8.78 Å². The summed E-state index contributed by atoms with van der Waals surface area (Å²) >= 11 is 2.64. The van der Waals surface area contributed by atoms with Crippen molar-refractivity contribution in [2.24, 2.45) is 35.5 Å². The molecular weight excluding hydrogens is 1020 g/mol. The monoisotopic (exact) mass is 1100 g/mol. The normalized spacial score (nSPS) is 22.4. The molecule has 0 N–H and O–H groups in total. The average Bonchev–Trinajstić information content (AvgIpc) is 3.95. The van der Waals surface area contributed by atoms with Crippen LogP contribution in [-0.4, -0.2) is 156 Å². The highest BCUT2D eigenvalue weighted by Crippen LogP contribution is 2.33. The minimum absolute atomic E-state index is 0.0163. The van der Waals surface area contributed by atoms with Crippen molar-refractivity contribution in [3.63, 3.8) is 0 Å². The Morgan fingerprint density at radius 3 is 1.38 bits per heavy atom. The molecule has 0 spiro atoms. The number of aromatic nitrogens is 2. The lowest BCUT2D eigenvalue weighted by Crippen LogP contribution is -2.50. The molecule has 4 aliphatic rings. The van der Waals surface area contributed by atoms with Crippen molar-refractivity contribution in [1.82, 2.24) is 34.5 Å². The second-order valence-electron chi connectivity index (χ2n) is 22.9. The highest BCUT2D eigenvalue weighted by molar-refractivity contribution is 7.14. The van der Waals surface area contributed by atoms with E-state index < -0.39 is 0 Å². The molecule has 0 saturated carbocycles. The van der Waals surface area contributed by atoms with Gasteiger partial charge in [-0.1, -0.05) is 24.3 Å². The summed E-state index contributed by atoms with van der Waals surface area (Å²) in [6.07, 6.45) is 9.64. The Labute approximate surface area is 463 Å². The van der Waals surface area contributed by atoms with Crippen molar-refractivity contribution in [2.75, 3.05) is 86.1 Å². The van der Waals surface area contributed by atoms with Crippen LogP contribution in [0.25, 0.3) is 0 Å². The van der Waals surface area contributed by atoms with Gasteiger partial charge >= 0.3 is 0 Å². The Bertz CT molecular complexity index is 2660. The Morgan fingerprint density at radius 1 is 0.571 bits per heavy atom. The molecule has 4 saturated heterocycles. The van der Waals surface area contributed by atoms with E-state index in [1.165, 1.54) is 84.8 Å². The molecule has 0 bridgehead atoms. The number of carbonyl (C=O) groups is 6. The zero-order valence-corrected chi connectivity index (χ0v) is 48.1. The molecule has 2 aromatic carbocycles. The molecule has 418 valence electrons. The van der Waals surface area contributed by atoms with Gasteiger partial charge in [0.1, 0.15) is 33.2 Å². The van der Waals surface area contributed by atoms with E-state index in [9.17, 15) is 37.5 Å². The summed E-state index contributed by atoms with van der Waals surface area (Å²) in [5.74, 6) is 1.97. The first-order valence-electron chi connectivity index (χ1n) is 27.8. The fraction of sp³-hybridized carbons (Fsp3) is 0.600. The van der Waals surface area contributed by atoms with E-state index in [2.05, 4.69) is 19.8 Å². The van der Waals surface area contributed by atoms with Crippen LogP contribution in [0, 0.1) is 61.0 Å². The minimum Gasteiger partial charge on any atom is -0.343 e.